The first-order valence-electron chi connectivity index (χ1n) is 7.30. The van der Waals surface area contributed by atoms with Gasteiger partial charge in [0.2, 0.25) is 5.91 Å². The zero-order valence-corrected chi connectivity index (χ0v) is 11.4. The normalized spacial score (nSPS) is 21.8. The van der Waals surface area contributed by atoms with E-state index in [1.807, 2.05) is 0 Å². The van der Waals surface area contributed by atoms with Gasteiger partial charge in [0.15, 0.2) is 0 Å². The number of aliphatic carboxylic acids is 1. The molecule has 4 nitrogen and oxygen atoms in total. The minimum absolute atomic E-state index is 0.00343. The number of rotatable bonds is 5. The Morgan fingerprint density at radius 1 is 1.21 bits per heavy atom. The SMILES string of the molecule is O=C(O)CC1(NC(=O)CC2=CCCCC2)CCCC1. The van der Waals surface area contributed by atoms with Gasteiger partial charge in [-0.2, -0.15) is 0 Å². The molecule has 2 rings (SSSR count). The number of carboxylic acids is 1. The number of amides is 1. The Labute approximate surface area is 114 Å². The van der Waals surface area contributed by atoms with Crippen molar-refractivity contribution in [2.24, 2.45) is 0 Å². The molecule has 0 atom stereocenters. The first-order chi connectivity index (χ1) is 9.10. The molecule has 0 heterocycles. The molecule has 0 aromatic heterocycles. The number of carbonyl (C=O) groups excluding carboxylic acids is 1. The summed E-state index contributed by atoms with van der Waals surface area (Å²) in [6, 6.07) is 0. The summed E-state index contributed by atoms with van der Waals surface area (Å²) in [5.74, 6) is -0.824. The van der Waals surface area contributed by atoms with Crippen LogP contribution in [0.15, 0.2) is 11.6 Å². The van der Waals surface area contributed by atoms with Gasteiger partial charge in [0.1, 0.15) is 0 Å². The minimum atomic E-state index is -0.820. The Morgan fingerprint density at radius 2 is 1.95 bits per heavy atom. The smallest absolute Gasteiger partial charge is 0.305 e. The van der Waals surface area contributed by atoms with Crippen molar-refractivity contribution >= 4 is 11.9 Å². The quantitative estimate of drug-likeness (QED) is 0.751. The second-order valence-corrected chi connectivity index (χ2v) is 5.89. The van der Waals surface area contributed by atoms with E-state index in [9.17, 15) is 9.59 Å². The summed E-state index contributed by atoms with van der Waals surface area (Å²) < 4.78 is 0. The van der Waals surface area contributed by atoms with Crippen molar-refractivity contribution in [1.29, 1.82) is 0 Å². The Morgan fingerprint density at radius 3 is 2.53 bits per heavy atom. The molecule has 1 saturated carbocycles. The molecule has 1 fully saturated rings. The highest BCUT2D eigenvalue weighted by atomic mass is 16.4. The molecular weight excluding hydrogens is 242 g/mol. The highest BCUT2D eigenvalue weighted by Gasteiger charge is 2.37. The Hall–Kier alpha value is -1.32. The van der Waals surface area contributed by atoms with Crippen LogP contribution in [0.4, 0.5) is 0 Å². The van der Waals surface area contributed by atoms with Crippen LogP contribution < -0.4 is 5.32 Å². The molecule has 2 N–H and O–H groups in total. The molecule has 2 aliphatic carbocycles. The molecule has 2 aliphatic rings. The zero-order chi connectivity index (χ0) is 13.7. The number of hydrogen-bond acceptors (Lipinski definition) is 2. The van der Waals surface area contributed by atoms with E-state index in [4.69, 9.17) is 5.11 Å². The van der Waals surface area contributed by atoms with E-state index in [1.165, 1.54) is 18.4 Å². The average Bonchev–Trinajstić information content (AvgIpc) is 2.77. The third-order valence-corrected chi connectivity index (χ3v) is 4.23. The highest BCUT2D eigenvalue weighted by Crippen LogP contribution is 2.33. The molecule has 19 heavy (non-hydrogen) atoms. The van der Waals surface area contributed by atoms with Crippen molar-refractivity contribution in [3.8, 4) is 0 Å². The number of nitrogens with one attached hydrogen (secondary N) is 1. The van der Waals surface area contributed by atoms with Crippen LogP contribution in [0.25, 0.3) is 0 Å². The molecule has 4 heteroatoms. The van der Waals surface area contributed by atoms with Gasteiger partial charge in [-0.3, -0.25) is 9.59 Å². The second-order valence-electron chi connectivity index (χ2n) is 5.89. The van der Waals surface area contributed by atoms with E-state index in [0.29, 0.717) is 6.42 Å². The molecule has 0 unspecified atom stereocenters. The van der Waals surface area contributed by atoms with E-state index >= 15 is 0 Å². The molecule has 1 amide bonds. The molecule has 0 radical (unpaired) electrons. The van der Waals surface area contributed by atoms with Crippen molar-refractivity contribution in [3.63, 3.8) is 0 Å². The lowest BCUT2D eigenvalue weighted by Crippen LogP contribution is -2.47. The van der Waals surface area contributed by atoms with E-state index in [-0.39, 0.29) is 12.3 Å². The van der Waals surface area contributed by atoms with Gasteiger partial charge in [-0.05, 0) is 38.5 Å². The summed E-state index contributed by atoms with van der Waals surface area (Å²) in [4.78, 5) is 23.1. The van der Waals surface area contributed by atoms with Gasteiger partial charge >= 0.3 is 5.97 Å². The molecule has 106 valence electrons. The van der Waals surface area contributed by atoms with E-state index < -0.39 is 11.5 Å². The van der Waals surface area contributed by atoms with Crippen LogP contribution in [-0.4, -0.2) is 22.5 Å². The van der Waals surface area contributed by atoms with Gasteiger partial charge in [0, 0.05) is 6.42 Å². The Balaban J connectivity index is 1.91. The van der Waals surface area contributed by atoms with Gasteiger partial charge < -0.3 is 10.4 Å². The summed E-state index contributed by atoms with van der Waals surface area (Å²) in [5.41, 5.74) is 0.727. The number of allylic oxidation sites excluding steroid dienone is 1. The fourth-order valence-electron chi connectivity index (χ4n) is 3.30. The van der Waals surface area contributed by atoms with Crippen molar-refractivity contribution in [2.45, 2.75) is 69.7 Å². The molecule has 0 aromatic rings. The van der Waals surface area contributed by atoms with Crippen LogP contribution in [-0.2, 0) is 9.59 Å². The fraction of sp³-hybridized carbons (Fsp3) is 0.733. The van der Waals surface area contributed by atoms with Crippen LogP contribution in [0, 0.1) is 0 Å². The summed E-state index contributed by atoms with van der Waals surface area (Å²) in [6.45, 7) is 0. The predicted molar refractivity (Wildman–Crippen MR) is 72.8 cm³/mol. The molecule has 0 spiro atoms. The van der Waals surface area contributed by atoms with Crippen molar-refractivity contribution in [2.75, 3.05) is 0 Å². The monoisotopic (exact) mass is 265 g/mol. The third kappa shape index (κ3) is 4.08. The standard InChI is InChI=1S/C15H23NO3/c17-13(10-12-6-2-1-3-7-12)16-15(11-14(18)19)8-4-5-9-15/h6H,1-5,7-11H2,(H,16,17)(H,18,19). The van der Waals surface area contributed by atoms with Gasteiger partial charge in [0.25, 0.3) is 0 Å². The molecule has 0 aromatic carbocycles. The maximum absolute atomic E-state index is 12.1. The molecule has 0 saturated heterocycles. The van der Waals surface area contributed by atoms with Crippen LogP contribution in [0.3, 0.4) is 0 Å². The second kappa shape index (κ2) is 6.22. The first kappa shape index (κ1) is 14.1. The lowest BCUT2D eigenvalue weighted by atomic mass is 9.92. The van der Waals surface area contributed by atoms with Gasteiger partial charge in [-0.15, -0.1) is 0 Å². The van der Waals surface area contributed by atoms with Gasteiger partial charge in [0.05, 0.1) is 12.0 Å². The lowest BCUT2D eigenvalue weighted by molar-refractivity contribution is -0.139. The van der Waals surface area contributed by atoms with Gasteiger partial charge in [-0.1, -0.05) is 24.5 Å². The van der Waals surface area contributed by atoms with Crippen LogP contribution >= 0.6 is 0 Å². The molecular formula is C15H23NO3. The van der Waals surface area contributed by atoms with Crippen LogP contribution in [0.2, 0.25) is 0 Å². The predicted octanol–water partition coefficient (Wildman–Crippen LogP) is 2.78. The van der Waals surface area contributed by atoms with Crippen LogP contribution in [0.5, 0.6) is 0 Å². The number of carbonyl (C=O) groups is 2. The van der Waals surface area contributed by atoms with E-state index in [0.717, 1.165) is 38.5 Å². The molecule has 0 aliphatic heterocycles. The van der Waals surface area contributed by atoms with Crippen molar-refractivity contribution in [1.82, 2.24) is 5.32 Å². The fourth-order valence-corrected chi connectivity index (χ4v) is 3.30. The topological polar surface area (TPSA) is 66.4 Å². The number of hydrogen-bond donors (Lipinski definition) is 2. The summed E-state index contributed by atoms with van der Waals surface area (Å²) in [5, 5.41) is 12.0. The maximum atomic E-state index is 12.1. The average molecular weight is 265 g/mol. The molecule has 0 bridgehead atoms. The summed E-state index contributed by atoms with van der Waals surface area (Å²) >= 11 is 0. The van der Waals surface area contributed by atoms with E-state index in [2.05, 4.69) is 11.4 Å². The lowest BCUT2D eigenvalue weighted by Gasteiger charge is -2.29. The van der Waals surface area contributed by atoms with Crippen LogP contribution in [0.1, 0.15) is 64.2 Å². The Kier molecular flexibility index (Phi) is 4.61. The summed E-state index contributed by atoms with van der Waals surface area (Å²) in [7, 11) is 0. The van der Waals surface area contributed by atoms with E-state index in [1.54, 1.807) is 0 Å². The first-order valence-corrected chi connectivity index (χ1v) is 7.30. The van der Waals surface area contributed by atoms with Gasteiger partial charge in [-0.25, -0.2) is 0 Å². The Bertz CT molecular complexity index is 381. The minimum Gasteiger partial charge on any atom is -0.481 e. The van der Waals surface area contributed by atoms with Crippen molar-refractivity contribution < 1.29 is 14.7 Å². The highest BCUT2D eigenvalue weighted by molar-refractivity contribution is 5.80. The zero-order valence-electron chi connectivity index (χ0n) is 11.4. The van der Waals surface area contributed by atoms with Crippen molar-refractivity contribution in [3.05, 3.63) is 11.6 Å². The largest absolute Gasteiger partial charge is 0.481 e. The summed E-state index contributed by atoms with van der Waals surface area (Å²) in [6.07, 6.45) is 10.7. The third-order valence-electron chi connectivity index (χ3n) is 4.23. The number of carboxylic acid groups (broad SMARTS) is 1. The maximum Gasteiger partial charge on any atom is 0.305 e.